The van der Waals surface area contributed by atoms with E-state index in [0.29, 0.717) is 12.1 Å². The first-order valence-corrected chi connectivity index (χ1v) is 5.72. The van der Waals surface area contributed by atoms with Crippen LogP contribution in [0.5, 0.6) is 11.6 Å². The topological polar surface area (TPSA) is 92.9 Å². The molecule has 2 heterocycles. The Labute approximate surface area is 111 Å². The van der Waals surface area contributed by atoms with Gasteiger partial charge in [0, 0.05) is 11.7 Å². The molecule has 1 amide bonds. The number of rotatable bonds is 3. The molecule has 0 atom stereocenters. The Balaban J connectivity index is 2.25. The van der Waals surface area contributed by atoms with Crippen molar-refractivity contribution in [3.63, 3.8) is 0 Å². The molecule has 0 aromatic carbocycles. The summed E-state index contributed by atoms with van der Waals surface area (Å²) in [6.45, 7) is 4.31. The summed E-state index contributed by atoms with van der Waals surface area (Å²) in [5.74, 6) is 0.296. The Kier molecular flexibility index (Phi) is 3.63. The van der Waals surface area contributed by atoms with E-state index in [1.807, 2.05) is 13.8 Å². The van der Waals surface area contributed by atoms with Gasteiger partial charge in [-0.1, -0.05) is 0 Å². The molecule has 0 bridgehead atoms. The zero-order chi connectivity index (χ0) is 14.0. The molecule has 0 saturated carbocycles. The highest BCUT2D eigenvalue weighted by Crippen LogP contribution is 2.24. The van der Waals surface area contributed by atoms with Crippen molar-refractivity contribution in [3.05, 3.63) is 12.3 Å². The van der Waals surface area contributed by atoms with Crippen molar-refractivity contribution in [3.8, 4) is 11.6 Å². The maximum Gasteiger partial charge on any atom is 0.496 e. The highest BCUT2D eigenvalue weighted by molar-refractivity contribution is 6.61. The number of methoxy groups -OCH3 is 1. The highest BCUT2D eigenvalue weighted by Gasteiger charge is 2.38. The van der Waals surface area contributed by atoms with Gasteiger partial charge in [0.05, 0.1) is 19.3 Å². The Hall–Kier alpha value is -1.80. The third-order valence-corrected chi connectivity index (χ3v) is 2.52. The normalized spacial score (nSPS) is 17.3. The average Bonchev–Trinajstić information content (AvgIpc) is 2.69. The number of hydrogen-bond acceptors (Lipinski definition) is 6. The monoisotopic (exact) mass is 266 g/mol. The Morgan fingerprint density at radius 3 is 2.84 bits per heavy atom. The van der Waals surface area contributed by atoms with Gasteiger partial charge in [0.1, 0.15) is 0 Å². The summed E-state index contributed by atoms with van der Waals surface area (Å²) in [5.41, 5.74) is 5.25. The van der Waals surface area contributed by atoms with Crippen LogP contribution in [-0.4, -0.2) is 37.5 Å². The largest absolute Gasteiger partial charge is 0.496 e. The molecule has 0 unspecified atom stereocenters. The van der Waals surface area contributed by atoms with Gasteiger partial charge in [0.15, 0.2) is 5.75 Å². The van der Waals surface area contributed by atoms with Gasteiger partial charge in [0.2, 0.25) is 0 Å². The van der Waals surface area contributed by atoms with E-state index in [1.54, 1.807) is 12.3 Å². The van der Waals surface area contributed by atoms with Crippen molar-refractivity contribution in [1.29, 1.82) is 0 Å². The minimum absolute atomic E-state index is 0.129. The Morgan fingerprint density at radius 2 is 2.32 bits per heavy atom. The standard InChI is InChI=1S/C11H15BN2O5/c1-11(2)6-17-12(19-11)7-4-8(18-10(13)15)9(16-3)14-5-7/h4-5H,6H2,1-3H3,(H2,13,15). The zero-order valence-corrected chi connectivity index (χ0v) is 11.0. The van der Waals surface area contributed by atoms with Crippen LogP contribution < -0.4 is 20.7 Å². The van der Waals surface area contributed by atoms with E-state index < -0.39 is 13.2 Å². The number of pyridine rings is 1. The Bertz CT molecular complexity index is 494. The van der Waals surface area contributed by atoms with Crippen molar-refractivity contribution in [1.82, 2.24) is 4.98 Å². The third-order valence-electron chi connectivity index (χ3n) is 2.52. The lowest BCUT2D eigenvalue weighted by molar-refractivity contribution is 0.137. The lowest BCUT2D eigenvalue weighted by Gasteiger charge is -2.15. The number of carbonyl (C=O) groups excluding carboxylic acids is 1. The first kappa shape index (κ1) is 13.6. The van der Waals surface area contributed by atoms with Crippen LogP contribution in [0.15, 0.2) is 12.3 Å². The highest BCUT2D eigenvalue weighted by atomic mass is 16.7. The SMILES string of the molecule is COc1ncc(B2OCC(C)(C)O2)cc1OC(N)=O. The lowest BCUT2D eigenvalue weighted by Crippen LogP contribution is -2.35. The molecule has 1 aromatic heterocycles. The number of nitrogens with zero attached hydrogens (tertiary/aromatic N) is 1. The summed E-state index contributed by atoms with van der Waals surface area (Å²) in [7, 11) is 0.866. The summed E-state index contributed by atoms with van der Waals surface area (Å²) < 4.78 is 21.0. The fourth-order valence-corrected chi connectivity index (χ4v) is 1.71. The predicted octanol–water partition coefficient (Wildman–Crippen LogP) is 0.0683. The minimum atomic E-state index is -0.939. The third kappa shape index (κ3) is 3.15. The van der Waals surface area contributed by atoms with Gasteiger partial charge in [-0.05, 0) is 19.9 Å². The molecule has 2 rings (SSSR count). The second-order valence-corrected chi connectivity index (χ2v) is 4.72. The maximum atomic E-state index is 10.8. The van der Waals surface area contributed by atoms with Crippen molar-refractivity contribution in [2.45, 2.75) is 19.4 Å². The van der Waals surface area contributed by atoms with Crippen LogP contribution in [0.1, 0.15) is 13.8 Å². The van der Waals surface area contributed by atoms with E-state index in [2.05, 4.69) is 4.98 Å². The van der Waals surface area contributed by atoms with Gasteiger partial charge in [-0.15, -0.1) is 0 Å². The first-order valence-electron chi connectivity index (χ1n) is 5.72. The molecule has 0 radical (unpaired) electrons. The van der Waals surface area contributed by atoms with Crippen molar-refractivity contribution in [2.75, 3.05) is 13.7 Å². The molecule has 0 aliphatic carbocycles. The van der Waals surface area contributed by atoms with Crippen molar-refractivity contribution >= 4 is 18.7 Å². The summed E-state index contributed by atoms with van der Waals surface area (Å²) >= 11 is 0. The van der Waals surface area contributed by atoms with Gasteiger partial charge in [0.25, 0.3) is 5.88 Å². The van der Waals surface area contributed by atoms with Gasteiger partial charge in [-0.3, -0.25) is 0 Å². The van der Waals surface area contributed by atoms with Crippen LogP contribution in [0.4, 0.5) is 4.79 Å². The molecule has 0 spiro atoms. The average molecular weight is 266 g/mol. The molecular weight excluding hydrogens is 251 g/mol. The van der Waals surface area contributed by atoms with Crippen molar-refractivity contribution in [2.24, 2.45) is 5.73 Å². The molecule has 2 N–H and O–H groups in total. The van der Waals surface area contributed by atoms with Crippen molar-refractivity contribution < 1.29 is 23.6 Å². The number of hydrogen-bond donors (Lipinski definition) is 1. The fourth-order valence-electron chi connectivity index (χ4n) is 1.71. The molecule has 7 nitrogen and oxygen atoms in total. The van der Waals surface area contributed by atoms with E-state index in [1.165, 1.54) is 7.11 Å². The molecule has 1 fully saturated rings. The molecule has 1 aliphatic heterocycles. The second kappa shape index (κ2) is 5.06. The molecule has 1 aromatic rings. The quantitative estimate of drug-likeness (QED) is 0.778. The number of ether oxygens (including phenoxy) is 2. The van der Waals surface area contributed by atoms with Gasteiger partial charge in [-0.2, -0.15) is 0 Å². The number of primary amides is 1. The molecule has 102 valence electrons. The zero-order valence-electron chi connectivity index (χ0n) is 11.0. The van der Waals surface area contributed by atoms with Crippen LogP contribution in [0, 0.1) is 0 Å². The van der Waals surface area contributed by atoms with Crippen LogP contribution in [0.3, 0.4) is 0 Å². The van der Waals surface area contributed by atoms with E-state index in [0.717, 1.165) is 0 Å². The van der Waals surface area contributed by atoms with Gasteiger partial charge >= 0.3 is 13.2 Å². The molecule has 1 aliphatic rings. The van der Waals surface area contributed by atoms with Gasteiger partial charge in [-0.25, -0.2) is 9.78 Å². The summed E-state index contributed by atoms with van der Waals surface area (Å²) in [6, 6.07) is 1.56. The first-order chi connectivity index (χ1) is 8.91. The number of aromatic nitrogens is 1. The van der Waals surface area contributed by atoms with Gasteiger partial charge < -0.3 is 24.5 Å². The second-order valence-electron chi connectivity index (χ2n) is 4.72. The smallest absolute Gasteiger partial charge is 0.478 e. The van der Waals surface area contributed by atoms with E-state index in [-0.39, 0.29) is 17.2 Å². The van der Waals surface area contributed by atoms with E-state index in [9.17, 15) is 4.79 Å². The minimum Gasteiger partial charge on any atom is -0.478 e. The molecule has 8 heteroatoms. The van der Waals surface area contributed by atoms with Crippen LogP contribution >= 0.6 is 0 Å². The molecular formula is C11H15BN2O5. The lowest BCUT2D eigenvalue weighted by atomic mass is 9.80. The summed E-state index contributed by atoms with van der Waals surface area (Å²) in [5, 5.41) is 0. The number of amides is 1. The maximum absolute atomic E-state index is 10.8. The summed E-state index contributed by atoms with van der Waals surface area (Å²) in [6.07, 6.45) is 0.601. The number of carbonyl (C=O) groups is 1. The molecule has 19 heavy (non-hydrogen) atoms. The predicted molar refractivity (Wildman–Crippen MR) is 67.5 cm³/mol. The molecule has 1 saturated heterocycles. The van der Waals surface area contributed by atoms with Crippen LogP contribution in [0.25, 0.3) is 0 Å². The van der Waals surface area contributed by atoms with E-state index >= 15 is 0 Å². The number of nitrogens with two attached hydrogens (primary N) is 1. The van der Waals surface area contributed by atoms with Crippen LogP contribution in [-0.2, 0) is 9.31 Å². The fraction of sp³-hybridized carbons (Fsp3) is 0.455. The van der Waals surface area contributed by atoms with E-state index in [4.69, 9.17) is 24.5 Å². The van der Waals surface area contributed by atoms with Crippen LogP contribution in [0.2, 0.25) is 0 Å². The summed E-state index contributed by atoms with van der Waals surface area (Å²) in [4.78, 5) is 14.9. The Morgan fingerprint density at radius 1 is 1.58 bits per heavy atom.